The highest BCUT2D eigenvalue weighted by atomic mass is 16.6. The van der Waals surface area contributed by atoms with Crippen LogP contribution >= 0.6 is 0 Å². The second-order valence-electron chi connectivity index (χ2n) is 5.28. The minimum Gasteiger partial charge on any atom is -0.493 e. The average molecular weight is 357 g/mol. The van der Waals surface area contributed by atoms with Crippen LogP contribution in [-0.4, -0.2) is 38.0 Å². The summed E-state index contributed by atoms with van der Waals surface area (Å²) in [7, 11) is 1.49. The zero-order valence-electron chi connectivity index (χ0n) is 14.5. The number of carbonyl (C=O) groups is 3. The Morgan fingerprint density at radius 2 is 1.58 bits per heavy atom. The van der Waals surface area contributed by atoms with E-state index in [9.17, 15) is 14.4 Å². The number of amides is 1. The lowest BCUT2D eigenvalue weighted by atomic mass is 10.1. The summed E-state index contributed by atoms with van der Waals surface area (Å²) in [4.78, 5) is 34.7. The first-order valence-corrected chi connectivity index (χ1v) is 7.82. The van der Waals surface area contributed by atoms with Crippen molar-refractivity contribution in [3.63, 3.8) is 0 Å². The van der Waals surface area contributed by atoms with Crippen molar-refractivity contribution in [1.29, 1.82) is 0 Å². The molecule has 7 nitrogen and oxygen atoms in total. The number of methoxy groups -OCH3 is 1. The topological polar surface area (TPSA) is 90.9 Å². The smallest absolute Gasteiger partial charge is 0.344 e. The molecule has 136 valence electrons. The molecule has 0 saturated carbocycles. The van der Waals surface area contributed by atoms with Crippen molar-refractivity contribution >= 4 is 23.3 Å². The van der Waals surface area contributed by atoms with Gasteiger partial charge in [-0.2, -0.15) is 0 Å². The Labute approximate surface area is 150 Å². The number of ketones is 1. The van der Waals surface area contributed by atoms with Crippen LogP contribution in [0.25, 0.3) is 0 Å². The van der Waals surface area contributed by atoms with Crippen LogP contribution in [0.15, 0.2) is 48.5 Å². The molecule has 0 aliphatic carbocycles. The van der Waals surface area contributed by atoms with Gasteiger partial charge < -0.3 is 19.5 Å². The summed E-state index contributed by atoms with van der Waals surface area (Å²) in [6, 6.07) is 13.3. The van der Waals surface area contributed by atoms with Gasteiger partial charge in [0.25, 0.3) is 5.91 Å². The number of anilines is 1. The Morgan fingerprint density at radius 3 is 2.19 bits per heavy atom. The molecule has 0 aromatic heterocycles. The first-order valence-electron chi connectivity index (χ1n) is 7.82. The lowest BCUT2D eigenvalue weighted by Gasteiger charge is -2.10. The molecule has 1 amide bonds. The minimum absolute atomic E-state index is 0.0631. The molecule has 7 heteroatoms. The average Bonchev–Trinajstić information content (AvgIpc) is 2.65. The molecule has 2 aromatic rings. The lowest BCUT2D eigenvalue weighted by molar-refractivity contribution is -0.149. The highest BCUT2D eigenvalue weighted by molar-refractivity contribution is 5.96. The van der Waals surface area contributed by atoms with Crippen LogP contribution in [0.2, 0.25) is 0 Å². The fourth-order valence-electron chi connectivity index (χ4n) is 2.05. The molecule has 2 aromatic carbocycles. The molecule has 0 atom stereocenters. The second-order valence-corrected chi connectivity index (χ2v) is 5.28. The third kappa shape index (κ3) is 5.62. The van der Waals surface area contributed by atoms with Crippen LogP contribution in [0.3, 0.4) is 0 Å². The van der Waals surface area contributed by atoms with E-state index < -0.39 is 18.5 Å². The van der Waals surface area contributed by atoms with Crippen LogP contribution in [0.5, 0.6) is 11.5 Å². The normalized spacial score (nSPS) is 9.92. The summed E-state index contributed by atoms with van der Waals surface area (Å²) >= 11 is 0. The highest BCUT2D eigenvalue weighted by Crippen LogP contribution is 2.25. The van der Waals surface area contributed by atoms with Crippen molar-refractivity contribution in [3.8, 4) is 11.5 Å². The van der Waals surface area contributed by atoms with Crippen molar-refractivity contribution in [3.05, 3.63) is 54.1 Å². The highest BCUT2D eigenvalue weighted by Gasteiger charge is 2.11. The molecule has 1 N–H and O–H groups in total. The molecule has 26 heavy (non-hydrogen) atoms. The maximum absolute atomic E-state index is 11.8. The Hall–Kier alpha value is -3.35. The van der Waals surface area contributed by atoms with E-state index in [0.29, 0.717) is 22.7 Å². The number of hydrogen-bond donors (Lipinski definition) is 1. The van der Waals surface area contributed by atoms with Crippen LogP contribution in [-0.2, 0) is 14.3 Å². The number of ether oxygens (including phenoxy) is 3. The second kappa shape index (κ2) is 9.22. The monoisotopic (exact) mass is 357 g/mol. The summed E-state index contributed by atoms with van der Waals surface area (Å²) in [6.07, 6.45) is 0. The van der Waals surface area contributed by atoms with Gasteiger partial charge in [-0.1, -0.05) is 12.1 Å². The van der Waals surface area contributed by atoms with Crippen molar-refractivity contribution in [2.45, 2.75) is 6.92 Å². The molecule has 0 bridgehead atoms. The van der Waals surface area contributed by atoms with Crippen LogP contribution in [0.4, 0.5) is 5.69 Å². The number of rotatable bonds is 8. The number of esters is 1. The predicted molar refractivity (Wildman–Crippen MR) is 94.5 cm³/mol. The van der Waals surface area contributed by atoms with E-state index in [2.05, 4.69) is 5.32 Å². The molecule has 0 unspecified atom stereocenters. The quantitative estimate of drug-likeness (QED) is 0.576. The Balaban J connectivity index is 1.76. The molecule has 0 aliphatic heterocycles. The van der Waals surface area contributed by atoms with Gasteiger partial charge >= 0.3 is 5.97 Å². The largest absolute Gasteiger partial charge is 0.493 e. The van der Waals surface area contributed by atoms with E-state index in [1.54, 1.807) is 48.5 Å². The van der Waals surface area contributed by atoms with Gasteiger partial charge in [-0.3, -0.25) is 9.59 Å². The fourth-order valence-corrected chi connectivity index (χ4v) is 2.05. The zero-order valence-corrected chi connectivity index (χ0v) is 14.5. The molecule has 2 rings (SSSR count). The number of carbonyl (C=O) groups excluding carboxylic acids is 3. The van der Waals surface area contributed by atoms with Crippen molar-refractivity contribution in [2.75, 3.05) is 25.6 Å². The Morgan fingerprint density at radius 1 is 0.923 bits per heavy atom. The zero-order chi connectivity index (χ0) is 18.9. The molecule has 0 spiro atoms. The number of nitrogens with one attached hydrogen (secondary N) is 1. The van der Waals surface area contributed by atoms with Gasteiger partial charge in [0.1, 0.15) is 0 Å². The first kappa shape index (κ1) is 19.0. The third-order valence-electron chi connectivity index (χ3n) is 3.35. The van der Waals surface area contributed by atoms with E-state index in [-0.39, 0.29) is 12.4 Å². The van der Waals surface area contributed by atoms with Crippen molar-refractivity contribution < 1.29 is 28.6 Å². The maximum Gasteiger partial charge on any atom is 0.344 e. The summed E-state index contributed by atoms with van der Waals surface area (Å²) < 4.78 is 15.3. The van der Waals surface area contributed by atoms with Crippen LogP contribution in [0.1, 0.15) is 17.3 Å². The van der Waals surface area contributed by atoms with E-state index in [4.69, 9.17) is 14.2 Å². The number of benzene rings is 2. The van der Waals surface area contributed by atoms with Crippen LogP contribution < -0.4 is 14.8 Å². The van der Waals surface area contributed by atoms with Gasteiger partial charge in [-0.05, 0) is 43.3 Å². The van der Waals surface area contributed by atoms with E-state index >= 15 is 0 Å². The van der Waals surface area contributed by atoms with Crippen molar-refractivity contribution in [1.82, 2.24) is 0 Å². The minimum atomic E-state index is -0.682. The molecule has 0 heterocycles. The van der Waals surface area contributed by atoms with Crippen molar-refractivity contribution in [2.24, 2.45) is 0 Å². The van der Waals surface area contributed by atoms with Gasteiger partial charge in [-0.25, -0.2) is 4.79 Å². The van der Waals surface area contributed by atoms with Crippen LogP contribution in [0, 0.1) is 0 Å². The fraction of sp³-hybridized carbons (Fsp3) is 0.211. The van der Waals surface area contributed by atoms with Gasteiger partial charge in [0, 0.05) is 11.3 Å². The number of hydrogen-bond acceptors (Lipinski definition) is 6. The lowest BCUT2D eigenvalue weighted by Crippen LogP contribution is -2.23. The molecule has 0 saturated heterocycles. The Bertz CT molecular complexity index is 785. The molecular weight excluding hydrogens is 338 g/mol. The standard InChI is InChI=1S/C19H19NO6/c1-13(21)14-7-9-15(10-8-14)20-18(22)11-26-19(23)12-25-17-6-4-3-5-16(17)24-2/h3-10H,11-12H2,1-2H3,(H,20,22). The van der Waals surface area contributed by atoms with Gasteiger partial charge in [-0.15, -0.1) is 0 Å². The van der Waals surface area contributed by atoms with Gasteiger partial charge in [0.15, 0.2) is 30.5 Å². The molecule has 0 fully saturated rings. The van der Waals surface area contributed by atoms with E-state index in [0.717, 1.165) is 0 Å². The molecule has 0 radical (unpaired) electrons. The third-order valence-corrected chi connectivity index (χ3v) is 3.35. The summed E-state index contributed by atoms with van der Waals surface area (Å²) in [5, 5.41) is 2.57. The first-order chi connectivity index (χ1) is 12.5. The number of para-hydroxylation sites is 2. The molecular formula is C19H19NO6. The number of Topliss-reactive ketones (excluding diaryl/α,β-unsaturated/α-hetero) is 1. The summed E-state index contributed by atoms with van der Waals surface area (Å²) in [5.74, 6) is -0.343. The summed E-state index contributed by atoms with van der Waals surface area (Å²) in [5.41, 5.74) is 1.05. The Kier molecular flexibility index (Phi) is 6.73. The van der Waals surface area contributed by atoms with Gasteiger partial charge in [0.2, 0.25) is 0 Å². The maximum atomic E-state index is 11.8. The predicted octanol–water partition coefficient (Wildman–Crippen LogP) is 2.46. The SMILES string of the molecule is COc1ccccc1OCC(=O)OCC(=O)Nc1ccc(C(C)=O)cc1. The van der Waals surface area contributed by atoms with E-state index in [1.165, 1.54) is 14.0 Å². The van der Waals surface area contributed by atoms with E-state index in [1.807, 2.05) is 0 Å². The van der Waals surface area contributed by atoms with Gasteiger partial charge in [0.05, 0.1) is 7.11 Å². The summed E-state index contributed by atoms with van der Waals surface area (Å²) in [6.45, 7) is 0.670. The molecule has 0 aliphatic rings.